The third-order valence-electron chi connectivity index (χ3n) is 4.81. The number of amides is 1. The maximum Gasteiger partial charge on any atom is 0.243 e. The van der Waals surface area contributed by atoms with Crippen LogP contribution in [0.3, 0.4) is 0 Å². The number of benzene rings is 2. The second kappa shape index (κ2) is 7.76. The summed E-state index contributed by atoms with van der Waals surface area (Å²) in [6.07, 6.45) is 3.21. The fourth-order valence-electron chi connectivity index (χ4n) is 3.08. The monoisotopic (exact) mass is 374 g/mol. The number of sulfonamides is 1. The maximum absolute atomic E-state index is 12.9. The van der Waals surface area contributed by atoms with Crippen molar-refractivity contribution in [1.82, 2.24) is 9.21 Å². The van der Waals surface area contributed by atoms with Crippen molar-refractivity contribution in [3.63, 3.8) is 0 Å². The van der Waals surface area contributed by atoms with Crippen molar-refractivity contribution in [3.8, 4) is 0 Å². The molecular weight excluding hydrogens is 348 g/mol. The molecule has 1 aliphatic rings. The van der Waals surface area contributed by atoms with E-state index < -0.39 is 10.0 Å². The average Bonchev–Trinajstić information content (AvgIpc) is 3.45. The van der Waals surface area contributed by atoms with Gasteiger partial charge in [-0.25, -0.2) is 8.42 Å². The molecule has 3 rings (SSSR count). The Morgan fingerprint density at radius 3 is 2.46 bits per heavy atom. The number of likely N-dealkylation sites (N-methyl/N-ethyl adjacent to an activating group) is 1. The molecule has 1 saturated carbocycles. The molecule has 0 radical (unpaired) electrons. The minimum atomic E-state index is -3.70. The highest BCUT2D eigenvalue weighted by Gasteiger charge is 2.29. The van der Waals surface area contributed by atoms with E-state index in [4.69, 9.17) is 0 Å². The summed E-state index contributed by atoms with van der Waals surface area (Å²) in [5.41, 5.74) is 0. The van der Waals surface area contributed by atoms with Gasteiger partial charge in [0.05, 0.1) is 11.4 Å². The fourth-order valence-corrected chi connectivity index (χ4v) is 4.24. The van der Waals surface area contributed by atoms with E-state index in [1.165, 1.54) is 19.9 Å². The molecule has 0 bridgehead atoms. The van der Waals surface area contributed by atoms with Gasteiger partial charge >= 0.3 is 0 Å². The molecule has 1 fully saturated rings. The quantitative estimate of drug-likeness (QED) is 0.713. The Labute approximate surface area is 155 Å². The van der Waals surface area contributed by atoms with Crippen LogP contribution in [-0.2, 0) is 14.8 Å². The van der Waals surface area contributed by atoms with Crippen LogP contribution in [0.4, 0.5) is 0 Å². The van der Waals surface area contributed by atoms with Crippen LogP contribution in [0.25, 0.3) is 10.8 Å². The largest absolute Gasteiger partial charge is 0.341 e. The Bertz CT molecular complexity index is 891. The lowest BCUT2D eigenvalue weighted by Crippen LogP contribution is -2.42. The van der Waals surface area contributed by atoms with E-state index >= 15 is 0 Å². The van der Waals surface area contributed by atoms with Crippen molar-refractivity contribution < 1.29 is 13.2 Å². The van der Waals surface area contributed by atoms with Crippen LogP contribution < -0.4 is 0 Å². The Balaban J connectivity index is 1.75. The zero-order valence-corrected chi connectivity index (χ0v) is 16.2. The predicted molar refractivity (Wildman–Crippen MR) is 103 cm³/mol. The van der Waals surface area contributed by atoms with E-state index in [9.17, 15) is 13.2 Å². The van der Waals surface area contributed by atoms with Crippen molar-refractivity contribution in [1.29, 1.82) is 0 Å². The fraction of sp³-hybridized carbons (Fsp3) is 0.450. The molecule has 140 valence electrons. The summed E-state index contributed by atoms with van der Waals surface area (Å²) in [6.45, 7) is 3.33. The number of fused-ring (bicyclic) bond motifs is 1. The molecule has 0 heterocycles. The summed E-state index contributed by atoms with van der Waals surface area (Å²) >= 11 is 0. The van der Waals surface area contributed by atoms with Gasteiger partial charge in [0.2, 0.25) is 15.9 Å². The normalized spacial score (nSPS) is 14.7. The van der Waals surface area contributed by atoms with Crippen LogP contribution in [-0.4, -0.2) is 50.2 Å². The molecule has 0 unspecified atom stereocenters. The molecule has 5 nitrogen and oxygen atoms in total. The highest BCUT2D eigenvalue weighted by molar-refractivity contribution is 7.89. The van der Waals surface area contributed by atoms with E-state index in [0.29, 0.717) is 12.5 Å². The lowest BCUT2D eigenvalue weighted by molar-refractivity contribution is -0.131. The molecule has 6 heteroatoms. The summed E-state index contributed by atoms with van der Waals surface area (Å²) < 4.78 is 26.9. The van der Waals surface area contributed by atoms with Crippen molar-refractivity contribution in [2.24, 2.45) is 5.92 Å². The van der Waals surface area contributed by atoms with Crippen LogP contribution in [0.15, 0.2) is 47.4 Å². The van der Waals surface area contributed by atoms with Crippen LogP contribution in [0.5, 0.6) is 0 Å². The summed E-state index contributed by atoms with van der Waals surface area (Å²) in [5.74, 6) is 0.471. The topological polar surface area (TPSA) is 57.7 Å². The smallest absolute Gasteiger partial charge is 0.243 e. The SMILES string of the molecule is CCCN(CC1CC1)C(=O)CN(C)S(=O)(=O)c1ccc2ccccc2c1. The Morgan fingerprint density at radius 2 is 1.81 bits per heavy atom. The van der Waals surface area contributed by atoms with Gasteiger partial charge in [0, 0.05) is 20.1 Å². The van der Waals surface area contributed by atoms with Crippen LogP contribution in [0.2, 0.25) is 0 Å². The second-order valence-corrected chi connectivity index (χ2v) is 9.10. The van der Waals surface area contributed by atoms with Crippen molar-refractivity contribution in [3.05, 3.63) is 42.5 Å². The molecule has 2 aromatic rings. The molecule has 0 atom stereocenters. The van der Waals surface area contributed by atoms with Gasteiger partial charge in [0.25, 0.3) is 0 Å². The standard InChI is InChI=1S/C20H26N2O3S/c1-3-12-22(14-16-8-9-16)20(23)15-21(2)26(24,25)19-11-10-17-6-4-5-7-18(17)13-19/h4-7,10-11,13,16H,3,8-9,12,14-15H2,1-2H3. The summed E-state index contributed by atoms with van der Waals surface area (Å²) in [6, 6.07) is 12.7. The Hall–Kier alpha value is -1.92. The Morgan fingerprint density at radius 1 is 1.12 bits per heavy atom. The summed E-state index contributed by atoms with van der Waals surface area (Å²) in [4.78, 5) is 14.6. The molecule has 0 saturated heterocycles. The number of carbonyl (C=O) groups is 1. The molecule has 1 aliphatic carbocycles. The van der Waals surface area contributed by atoms with Gasteiger partial charge in [-0.1, -0.05) is 37.3 Å². The van der Waals surface area contributed by atoms with E-state index in [-0.39, 0.29) is 17.3 Å². The number of nitrogens with zero attached hydrogens (tertiary/aromatic N) is 2. The van der Waals surface area contributed by atoms with Crippen LogP contribution >= 0.6 is 0 Å². The maximum atomic E-state index is 12.9. The van der Waals surface area contributed by atoms with Crippen LogP contribution in [0, 0.1) is 5.92 Å². The molecule has 26 heavy (non-hydrogen) atoms. The molecule has 0 spiro atoms. The molecule has 0 aliphatic heterocycles. The van der Waals surface area contributed by atoms with Crippen molar-refractivity contribution in [2.75, 3.05) is 26.7 Å². The van der Waals surface area contributed by atoms with Crippen molar-refractivity contribution in [2.45, 2.75) is 31.1 Å². The average molecular weight is 375 g/mol. The third kappa shape index (κ3) is 4.24. The van der Waals surface area contributed by atoms with Gasteiger partial charge < -0.3 is 4.90 Å². The first kappa shape index (κ1) is 18.9. The number of rotatable bonds is 8. The molecule has 0 aromatic heterocycles. The molecule has 0 N–H and O–H groups in total. The van der Waals surface area contributed by atoms with Gasteiger partial charge in [0.15, 0.2) is 0 Å². The molecule has 1 amide bonds. The summed E-state index contributed by atoms with van der Waals surface area (Å²) in [5, 5.41) is 1.86. The Kier molecular flexibility index (Phi) is 5.63. The molecular formula is C20H26N2O3S. The lowest BCUT2D eigenvalue weighted by Gasteiger charge is -2.25. The number of hydrogen-bond donors (Lipinski definition) is 0. The first-order chi connectivity index (χ1) is 12.4. The zero-order chi connectivity index (χ0) is 18.7. The van der Waals surface area contributed by atoms with Crippen molar-refractivity contribution >= 4 is 26.7 Å². The predicted octanol–water partition coefficient (Wildman–Crippen LogP) is 3.11. The van der Waals surface area contributed by atoms with Gasteiger partial charge in [-0.2, -0.15) is 4.31 Å². The highest BCUT2D eigenvalue weighted by Crippen LogP contribution is 2.30. The first-order valence-electron chi connectivity index (χ1n) is 9.14. The van der Waals surface area contributed by atoms with Gasteiger partial charge in [0.1, 0.15) is 0 Å². The molecule has 2 aromatic carbocycles. The zero-order valence-electron chi connectivity index (χ0n) is 15.4. The van der Waals surface area contributed by atoms with E-state index in [2.05, 4.69) is 0 Å². The lowest BCUT2D eigenvalue weighted by atomic mass is 10.1. The van der Waals surface area contributed by atoms with Crippen LogP contribution in [0.1, 0.15) is 26.2 Å². The van der Waals surface area contributed by atoms with E-state index in [0.717, 1.165) is 28.0 Å². The van der Waals surface area contributed by atoms with Gasteiger partial charge in [-0.3, -0.25) is 4.79 Å². The van der Waals surface area contributed by atoms with E-state index in [1.54, 1.807) is 18.2 Å². The first-order valence-corrected chi connectivity index (χ1v) is 10.6. The second-order valence-electron chi connectivity index (χ2n) is 7.05. The van der Waals surface area contributed by atoms with Gasteiger partial charge in [-0.15, -0.1) is 0 Å². The number of hydrogen-bond acceptors (Lipinski definition) is 3. The van der Waals surface area contributed by atoms with Gasteiger partial charge in [-0.05, 0) is 48.1 Å². The summed E-state index contributed by atoms with van der Waals surface area (Å²) in [7, 11) is -2.23. The minimum Gasteiger partial charge on any atom is -0.341 e. The van der Waals surface area contributed by atoms with E-state index in [1.807, 2.05) is 36.1 Å². The number of carbonyl (C=O) groups excluding carboxylic acids is 1. The minimum absolute atomic E-state index is 0.120. The highest BCUT2D eigenvalue weighted by atomic mass is 32.2. The third-order valence-corrected chi connectivity index (χ3v) is 6.61.